The van der Waals surface area contributed by atoms with Crippen LogP contribution >= 0.6 is 11.6 Å². The Morgan fingerprint density at radius 3 is 2.62 bits per heavy atom. The van der Waals surface area contributed by atoms with Crippen molar-refractivity contribution in [2.24, 2.45) is 5.92 Å². The molecule has 8 heteroatoms. The molecule has 2 unspecified atom stereocenters. The summed E-state index contributed by atoms with van der Waals surface area (Å²) in [5.41, 5.74) is 0.871. The Morgan fingerprint density at radius 1 is 1.12 bits per heavy atom. The van der Waals surface area contributed by atoms with Gasteiger partial charge in [-0.1, -0.05) is 23.7 Å². The van der Waals surface area contributed by atoms with Crippen molar-refractivity contribution in [1.82, 2.24) is 20.6 Å². The molecule has 3 rings (SSSR count). The van der Waals surface area contributed by atoms with E-state index in [1.54, 1.807) is 24.3 Å². The minimum Gasteiger partial charge on any atom is -0.376 e. The van der Waals surface area contributed by atoms with Gasteiger partial charge >= 0.3 is 0 Å². The van der Waals surface area contributed by atoms with Gasteiger partial charge in [0.25, 0.3) is 11.8 Å². The van der Waals surface area contributed by atoms with Crippen molar-refractivity contribution in [2.45, 2.75) is 12.5 Å². The summed E-state index contributed by atoms with van der Waals surface area (Å²) in [5.74, 6) is -0.230. The van der Waals surface area contributed by atoms with E-state index >= 15 is 0 Å². The minimum atomic E-state index is -0.222. The first-order valence-electron chi connectivity index (χ1n) is 8.31. The van der Waals surface area contributed by atoms with E-state index < -0.39 is 0 Å². The molecule has 136 valence electrons. The number of carbonyl (C=O) groups is 2. The number of ether oxygens (including phenoxy) is 1. The fourth-order valence-corrected chi connectivity index (χ4v) is 2.99. The van der Waals surface area contributed by atoms with E-state index in [2.05, 4.69) is 20.6 Å². The molecule has 1 aliphatic heterocycles. The molecule has 1 aromatic carbocycles. The van der Waals surface area contributed by atoms with Gasteiger partial charge in [-0.05, 0) is 18.6 Å². The molecule has 2 heterocycles. The van der Waals surface area contributed by atoms with Gasteiger partial charge in [0.1, 0.15) is 6.33 Å². The van der Waals surface area contributed by atoms with Crippen molar-refractivity contribution in [1.29, 1.82) is 0 Å². The molecule has 2 atom stereocenters. The van der Waals surface area contributed by atoms with E-state index in [4.69, 9.17) is 16.3 Å². The van der Waals surface area contributed by atoms with Crippen LogP contribution in [0.2, 0.25) is 5.02 Å². The number of benzene rings is 1. The van der Waals surface area contributed by atoms with Crippen LogP contribution in [0.5, 0.6) is 0 Å². The van der Waals surface area contributed by atoms with Gasteiger partial charge in [-0.15, -0.1) is 0 Å². The lowest BCUT2D eigenvalue weighted by molar-refractivity contribution is 0.0843. The second-order valence-corrected chi connectivity index (χ2v) is 6.49. The van der Waals surface area contributed by atoms with Crippen molar-refractivity contribution < 1.29 is 14.3 Å². The van der Waals surface area contributed by atoms with Gasteiger partial charge in [0.15, 0.2) is 0 Å². The molecule has 2 aromatic rings. The molecule has 1 aromatic heterocycles. The second-order valence-electron chi connectivity index (χ2n) is 6.08. The van der Waals surface area contributed by atoms with Crippen LogP contribution in [0.3, 0.4) is 0 Å². The molecule has 0 saturated carbocycles. The number of rotatable bonds is 6. The number of halogens is 1. The van der Waals surface area contributed by atoms with Gasteiger partial charge in [-0.3, -0.25) is 9.59 Å². The maximum Gasteiger partial charge on any atom is 0.254 e. The van der Waals surface area contributed by atoms with Gasteiger partial charge in [-0.2, -0.15) is 0 Å². The molecule has 2 amide bonds. The van der Waals surface area contributed by atoms with Crippen molar-refractivity contribution in [3.05, 3.63) is 59.1 Å². The Morgan fingerprint density at radius 2 is 1.85 bits per heavy atom. The van der Waals surface area contributed by atoms with Crippen molar-refractivity contribution in [3.8, 4) is 0 Å². The minimum absolute atomic E-state index is 0.0802. The molecule has 0 spiro atoms. The molecule has 1 saturated heterocycles. The summed E-state index contributed by atoms with van der Waals surface area (Å²) in [6.07, 6.45) is 5.00. The SMILES string of the molecule is O=C(NCC1COC(CNC(=O)c2ccccc2Cl)C1)c1cncnc1. The third kappa shape index (κ3) is 4.77. The maximum absolute atomic E-state index is 12.2. The molecule has 1 fully saturated rings. The normalized spacial score (nSPS) is 19.1. The molecule has 7 nitrogen and oxygen atoms in total. The molecule has 0 radical (unpaired) electrons. The smallest absolute Gasteiger partial charge is 0.254 e. The average Bonchev–Trinajstić information content (AvgIpc) is 3.13. The first kappa shape index (κ1) is 18.3. The largest absolute Gasteiger partial charge is 0.376 e. The van der Waals surface area contributed by atoms with E-state index in [1.165, 1.54) is 18.7 Å². The molecule has 0 bridgehead atoms. The average molecular weight is 375 g/mol. The van der Waals surface area contributed by atoms with E-state index in [0.29, 0.717) is 35.8 Å². The Kier molecular flexibility index (Phi) is 6.14. The molecular weight excluding hydrogens is 356 g/mol. The molecule has 0 aliphatic carbocycles. The number of hydrogen-bond donors (Lipinski definition) is 2. The predicted octanol–water partition coefficient (Wildman–Crippen LogP) is 1.69. The van der Waals surface area contributed by atoms with Crippen LogP contribution in [0.15, 0.2) is 43.0 Å². The summed E-state index contributed by atoms with van der Waals surface area (Å²) in [6.45, 7) is 1.45. The quantitative estimate of drug-likeness (QED) is 0.802. The van der Waals surface area contributed by atoms with Crippen LogP contribution in [0.1, 0.15) is 27.1 Å². The number of aromatic nitrogens is 2. The summed E-state index contributed by atoms with van der Waals surface area (Å²) < 4.78 is 5.70. The predicted molar refractivity (Wildman–Crippen MR) is 96.0 cm³/mol. The van der Waals surface area contributed by atoms with Crippen molar-refractivity contribution in [2.75, 3.05) is 19.7 Å². The zero-order valence-electron chi connectivity index (χ0n) is 14.0. The van der Waals surface area contributed by atoms with Crippen LogP contribution < -0.4 is 10.6 Å². The Balaban J connectivity index is 1.41. The van der Waals surface area contributed by atoms with Gasteiger partial charge in [-0.25, -0.2) is 9.97 Å². The standard InChI is InChI=1S/C18H19ClN4O3/c19-16-4-2-1-3-15(16)18(25)23-9-14-5-12(10-26-14)6-22-17(24)13-7-20-11-21-8-13/h1-4,7-8,11-12,14H,5-6,9-10H2,(H,22,24)(H,23,25). The highest BCUT2D eigenvalue weighted by molar-refractivity contribution is 6.33. The van der Waals surface area contributed by atoms with Crippen LogP contribution in [-0.4, -0.2) is 47.6 Å². The van der Waals surface area contributed by atoms with Crippen molar-refractivity contribution in [3.63, 3.8) is 0 Å². The van der Waals surface area contributed by atoms with E-state index in [-0.39, 0.29) is 23.8 Å². The maximum atomic E-state index is 12.2. The molecular formula is C18H19ClN4O3. The summed E-state index contributed by atoms with van der Waals surface area (Å²) >= 11 is 6.02. The Bertz CT molecular complexity index is 772. The van der Waals surface area contributed by atoms with E-state index in [9.17, 15) is 9.59 Å². The lowest BCUT2D eigenvalue weighted by Crippen LogP contribution is -2.32. The van der Waals surface area contributed by atoms with Gasteiger partial charge in [0.05, 0.1) is 28.9 Å². The van der Waals surface area contributed by atoms with Gasteiger partial charge in [0.2, 0.25) is 0 Å². The molecule has 2 N–H and O–H groups in total. The summed E-state index contributed by atoms with van der Waals surface area (Å²) in [4.78, 5) is 31.8. The molecule has 26 heavy (non-hydrogen) atoms. The van der Waals surface area contributed by atoms with E-state index in [0.717, 1.165) is 6.42 Å². The monoisotopic (exact) mass is 374 g/mol. The summed E-state index contributed by atoms with van der Waals surface area (Å²) in [5, 5.41) is 6.12. The second kappa shape index (κ2) is 8.73. The highest BCUT2D eigenvalue weighted by atomic mass is 35.5. The molecule has 1 aliphatic rings. The number of nitrogens with one attached hydrogen (secondary N) is 2. The summed E-state index contributed by atoms with van der Waals surface area (Å²) in [6, 6.07) is 6.90. The van der Waals surface area contributed by atoms with Crippen LogP contribution in [0.4, 0.5) is 0 Å². The van der Waals surface area contributed by atoms with Gasteiger partial charge < -0.3 is 15.4 Å². The Hall–Kier alpha value is -2.51. The lowest BCUT2D eigenvalue weighted by Gasteiger charge is -2.12. The highest BCUT2D eigenvalue weighted by Crippen LogP contribution is 2.19. The van der Waals surface area contributed by atoms with Crippen molar-refractivity contribution >= 4 is 23.4 Å². The first-order valence-corrected chi connectivity index (χ1v) is 8.69. The fraction of sp³-hybridized carbons (Fsp3) is 0.333. The number of nitrogens with zero attached hydrogens (tertiary/aromatic N) is 2. The third-order valence-electron chi connectivity index (χ3n) is 4.15. The number of amides is 2. The number of carbonyl (C=O) groups excluding carboxylic acids is 2. The zero-order valence-corrected chi connectivity index (χ0v) is 14.8. The highest BCUT2D eigenvalue weighted by Gasteiger charge is 2.26. The zero-order chi connectivity index (χ0) is 18.4. The Labute approximate surface area is 156 Å². The fourth-order valence-electron chi connectivity index (χ4n) is 2.77. The van der Waals surface area contributed by atoms with Gasteiger partial charge in [0, 0.05) is 31.4 Å². The number of hydrogen-bond acceptors (Lipinski definition) is 5. The summed E-state index contributed by atoms with van der Waals surface area (Å²) in [7, 11) is 0. The third-order valence-corrected chi connectivity index (χ3v) is 4.48. The van der Waals surface area contributed by atoms with Crippen LogP contribution in [0, 0.1) is 5.92 Å². The van der Waals surface area contributed by atoms with Crippen LogP contribution in [0.25, 0.3) is 0 Å². The lowest BCUT2D eigenvalue weighted by atomic mass is 10.1. The van der Waals surface area contributed by atoms with Crippen LogP contribution in [-0.2, 0) is 4.74 Å². The topological polar surface area (TPSA) is 93.2 Å². The first-order chi connectivity index (χ1) is 12.6. The van der Waals surface area contributed by atoms with E-state index in [1.807, 2.05) is 0 Å².